The summed E-state index contributed by atoms with van der Waals surface area (Å²) in [5, 5.41) is 20.5. The number of carboxylic acid groups (broad SMARTS) is 2. The van der Waals surface area contributed by atoms with Crippen molar-refractivity contribution < 1.29 is 83.7 Å². The van der Waals surface area contributed by atoms with Crippen molar-refractivity contribution in [2.45, 2.75) is 31.5 Å². The van der Waals surface area contributed by atoms with Crippen molar-refractivity contribution in [3.8, 4) is 0 Å². The molecule has 2 unspecified atom stereocenters. The fraction of sp³-hybridized carbons (Fsp3) is 0.714. The number of aliphatic carboxylic acids is 2. The smallest absolute Gasteiger partial charge is 0.547 e. The van der Waals surface area contributed by atoms with Crippen LogP contribution in [-0.4, -0.2) is 24.1 Å². The number of carboxylic acids is 2. The van der Waals surface area contributed by atoms with Crippen LogP contribution in [0.15, 0.2) is 0 Å². The summed E-state index contributed by atoms with van der Waals surface area (Å²) in [5.74, 6) is -2.72. The summed E-state index contributed by atoms with van der Waals surface area (Å²) in [6.45, 7) is 0. The minimum absolute atomic E-state index is 0. The van der Waals surface area contributed by atoms with Gasteiger partial charge in [0.2, 0.25) is 0 Å². The van der Waals surface area contributed by atoms with Gasteiger partial charge in [-0.25, -0.2) is 0 Å². The Morgan fingerprint density at radius 1 is 1.00 bits per heavy atom. The molecule has 1 saturated heterocycles. The number of hydrogen-bond donors (Lipinski definition) is 0. The molecule has 0 aliphatic carbocycles. The van der Waals surface area contributed by atoms with E-state index in [1.54, 1.807) is 0 Å². The number of hydrogen-bond acceptors (Lipinski definition) is 5. The molecule has 14 heavy (non-hydrogen) atoms. The summed E-state index contributed by atoms with van der Waals surface area (Å²) in [7, 11) is 0. The van der Waals surface area contributed by atoms with Crippen molar-refractivity contribution >= 4 is 11.9 Å². The zero-order chi connectivity index (χ0) is 9.14. The van der Waals surface area contributed by atoms with Crippen LogP contribution in [0.25, 0.3) is 0 Å². The Balaban J connectivity index is 0. The topological polar surface area (TPSA) is 89.5 Å². The number of rotatable bonds is 2. The van der Waals surface area contributed by atoms with Crippen molar-refractivity contribution in [3.05, 3.63) is 0 Å². The normalized spacial score (nSPS) is 25.4. The van der Waals surface area contributed by atoms with E-state index in [9.17, 15) is 19.8 Å². The van der Waals surface area contributed by atoms with Crippen molar-refractivity contribution in [1.29, 1.82) is 0 Å². The number of ether oxygens (including phenoxy) is 1. The van der Waals surface area contributed by atoms with Gasteiger partial charge in [0.25, 0.3) is 0 Å². The standard InChI is InChI=1S/C7H10O5.2Na/c8-6(9)4-2-1-3-5(12-4)7(10)11;;/h4-5H,1-3H2,(H,8,9)(H,10,11);;/q;2*+1/p-2. The van der Waals surface area contributed by atoms with Crippen LogP contribution in [0.3, 0.4) is 0 Å². The first-order valence-electron chi connectivity index (χ1n) is 3.68. The molecule has 0 N–H and O–H groups in total. The molecular formula is C7H8Na2O5. The van der Waals surface area contributed by atoms with Crippen molar-refractivity contribution in [2.75, 3.05) is 0 Å². The second-order valence-corrected chi connectivity index (χ2v) is 2.68. The maximum atomic E-state index is 10.3. The van der Waals surface area contributed by atoms with Gasteiger partial charge in [-0.05, 0) is 19.3 Å². The summed E-state index contributed by atoms with van der Waals surface area (Å²) >= 11 is 0. The predicted molar refractivity (Wildman–Crippen MR) is 32.5 cm³/mol. The van der Waals surface area contributed by atoms with Gasteiger partial charge >= 0.3 is 59.1 Å². The molecule has 0 aromatic rings. The Labute approximate surface area is 126 Å². The summed E-state index contributed by atoms with van der Waals surface area (Å²) < 4.78 is 4.69. The van der Waals surface area contributed by atoms with Crippen LogP contribution >= 0.6 is 0 Å². The Morgan fingerprint density at radius 2 is 1.36 bits per heavy atom. The minimum Gasteiger partial charge on any atom is -0.547 e. The molecule has 1 heterocycles. The van der Waals surface area contributed by atoms with Crippen LogP contribution in [0.4, 0.5) is 0 Å². The largest absolute Gasteiger partial charge is 1.00 e. The Hall–Kier alpha value is 0.900. The Kier molecular flexibility index (Phi) is 10.0. The minimum atomic E-state index is -1.36. The van der Waals surface area contributed by atoms with Gasteiger partial charge in [0.05, 0.1) is 24.1 Å². The molecule has 5 nitrogen and oxygen atoms in total. The summed E-state index contributed by atoms with van der Waals surface area (Å²) in [5.41, 5.74) is 0. The van der Waals surface area contributed by atoms with Crippen LogP contribution in [-0.2, 0) is 14.3 Å². The molecule has 7 heteroatoms. The van der Waals surface area contributed by atoms with E-state index in [1.165, 1.54) is 0 Å². The predicted octanol–water partition coefficient (Wildman–Crippen LogP) is -8.57. The van der Waals surface area contributed by atoms with E-state index in [4.69, 9.17) is 0 Å². The van der Waals surface area contributed by atoms with Crippen LogP contribution in [0, 0.1) is 0 Å². The van der Waals surface area contributed by atoms with Gasteiger partial charge in [-0.2, -0.15) is 0 Å². The Bertz CT molecular complexity index is 188. The van der Waals surface area contributed by atoms with Gasteiger partial charge in [-0.1, -0.05) is 0 Å². The van der Waals surface area contributed by atoms with E-state index in [2.05, 4.69) is 4.74 Å². The average molecular weight is 218 g/mol. The molecule has 0 saturated carbocycles. The molecule has 1 aliphatic heterocycles. The molecule has 1 rings (SSSR count). The summed E-state index contributed by atoms with van der Waals surface area (Å²) in [6.07, 6.45) is -1.06. The van der Waals surface area contributed by atoms with Crippen LogP contribution in [0.5, 0.6) is 0 Å². The van der Waals surface area contributed by atoms with E-state index in [-0.39, 0.29) is 59.1 Å². The van der Waals surface area contributed by atoms with Gasteiger partial charge in [0, 0.05) is 0 Å². The molecule has 0 spiro atoms. The maximum Gasteiger partial charge on any atom is 1.00 e. The maximum absolute atomic E-state index is 10.3. The van der Waals surface area contributed by atoms with Crippen LogP contribution < -0.4 is 69.3 Å². The summed E-state index contributed by atoms with van der Waals surface area (Å²) in [6, 6.07) is 0. The van der Waals surface area contributed by atoms with Gasteiger partial charge in [-0.15, -0.1) is 0 Å². The van der Waals surface area contributed by atoms with Crippen LogP contribution in [0.1, 0.15) is 19.3 Å². The molecule has 2 atom stereocenters. The van der Waals surface area contributed by atoms with E-state index < -0.39 is 24.1 Å². The van der Waals surface area contributed by atoms with Gasteiger partial charge in [0.15, 0.2) is 0 Å². The fourth-order valence-corrected chi connectivity index (χ4v) is 1.17. The first kappa shape index (κ1) is 17.3. The summed E-state index contributed by atoms with van der Waals surface area (Å²) in [4.78, 5) is 20.5. The zero-order valence-electron chi connectivity index (χ0n) is 8.32. The van der Waals surface area contributed by atoms with E-state index in [0.29, 0.717) is 19.3 Å². The third kappa shape index (κ3) is 5.11. The zero-order valence-corrected chi connectivity index (χ0v) is 12.3. The quantitative estimate of drug-likeness (QED) is 0.429. The molecule has 68 valence electrons. The number of carbonyl (C=O) groups is 2. The van der Waals surface area contributed by atoms with Crippen molar-refractivity contribution in [3.63, 3.8) is 0 Å². The monoisotopic (exact) mass is 218 g/mol. The first-order valence-corrected chi connectivity index (χ1v) is 3.68. The van der Waals surface area contributed by atoms with E-state index >= 15 is 0 Å². The van der Waals surface area contributed by atoms with Gasteiger partial charge < -0.3 is 24.5 Å². The molecule has 0 aromatic heterocycles. The second-order valence-electron chi connectivity index (χ2n) is 2.68. The fourth-order valence-electron chi connectivity index (χ4n) is 1.17. The molecular weight excluding hydrogens is 210 g/mol. The first-order chi connectivity index (χ1) is 5.61. The third-order valence-electron chi connectivity index (χ3n) is 1.79. The molecule has 0 aromatic carbocycles. The van der Waals surface area contributed by atoms with E-state index in [1.807, 2.05) is 0 Å². The molecule has 0 amide bonds. The van der Waals surface area contributed by atoms with Crippen molar-refractivity contribution in [1.82, 2.24) is 0 Å². The second kappa shape index (κ2) is 8.10. The molecule has 1 fully saturated rings. The SMILES string of the molecule is O=C([O-])C1CCCC(C(=O)[O-])O1.[Na+].[Na+]. The Morgan fingerprint density at radius 3 is 1.64 bits per heavy atom. The number of carbonyl (C=O) groups excluding carboxylic acids is 2. The van der Waals surface area contributed by atoms with Gasteiger partial charge in [-0.3, -0.25) is 0 Å². The van der Waals surface area contributed by atoms with Crippen molar-refractivity contribution in [2.24, 2.45) is 0 Å². The third-order valence-corrected chi connectivity index (χ3v) is 1.79. The molecule has 1 aliphatic rings. The van der Waals surface area contributed by atoms with E-state index in [0.717, 1.165) is 0 Å². The van der Waals surface area contributed by atoms with Crippen LogP contribution in [0.2, 0.25) is 0 Å². The van der Waals surface area contributed by atoms with Gasteiger partial charge in [0.1, 0.15) is 0 Å². The average Bonchev–Trinajstić information content (AvgIpc) is 2.04. The molecule has 0 radical (unpaired) electrons. The molecule has 0 bridgehead atoms.